The van der Waals surface area contributed by atoms with Crippen molar-refractivity contribution in [2.75, 3.05) is 0 Å². The number of nitrogens with two attached hydrogens (primary N) is 1. The Labute approximate surface area is 191 Å². The molecule has 1 heterocycles. The van der Waals surface area contributed by atoms with Crippen molar-refractivity contribution in [3.63, 3.8) is 0 Å². The second-order valence-corrected chi connectivity index (χ2v) is 7.88. The maximum Gasteiger partial charge on any atom is 0.416 e. The summed E-state index contributed by atoms with van der Waals surface area (Å²) in [5, 5.41) is 2.88. The lowest BCUT2D eigenvalue weighted by Crippen LogP contribution is -2.34. The zero-order chi connectivity index (χ0) is 24.5. The number of halogens is 3. The van der Waals surface area contributed by atoms with E-state index in [2.05, 4.69) is 10.3 Å². The van der Waals surface area contributed by atoms with Crippen LogP contribution in [0.3, 0.4) is 0 Å². The van der Waals surface area contributed by atoms with Gasteiger partial charge in [-0.1, -0.05) is 12.1 Å². The number of benzene rings is 2. The number of nitrogens with one attached hydrogen (secondary N) is 2. The summed E-state index contributed by atoms with van der Waals surface area (Å²) in [6.07, 6.45) is -2.61. The van der Waals surface area contributed by atoms with E-state index < -0.39 is 35.2 Å². The van der Waals surface area contributed by atoms with Gasteiger partial charge in [0.05, 0.1) is 11.6 Å². The molecule has 0 saturated carbocycles. The fourth-order valence-corrected chi connectivity index (χ4v) is 3.89. The molecular weight excluding hydrogens is 451 g/mol. The number of primary amides is 1. The Morgan fingerprint density at radius 3 is 2.47 bits per heavy atom. The first kappa shape index (κ1) is 23.1. The quantitative estimate of drug-likeness (QED) is 0.520. The molecule has 1 aliphatic carbocycles. The number of ether oxygens (including phenoxy) is 1. The third kappa shape index (κ3) is 4.95. The first-order chi connectivity index (χ1) is 16.1. The summed E-state index contributed by atoms with van der Waals surface area (Å²) in [5.41, 5.74) is 5.16. The van der Waals surface area contributed by atoms with Crippen LogP contribution in [0, 0.1) is 0 Å². The predicted molar refractivity (Wildman–Crippen MR) is 117 cm³/mol. The third-order valence-electron chi connectivity index (χ3n) is 5.52. The van der Waals surface area contributed by atoms with E-state index in [1.54, 1.807) is 12.1 Å². The molecule has 4 N–H and O–H groups in total. The fraction of sp³-hybridized carbons (Fsp3) is 0.208. The van der Waals surface area contributed by atoms with Gasteiger partial charge in [0, 0.05) is 11.3 Å². The lowest BCUT2D eigenvalue weighted by atomic mass is 9.90. The Morgan fingerprint density at radius 1 is 1.06 bits per heavy atom. The van der Waals surface area contributed by atoms with Crippen molar-refractivity contribution < 1.29 is 27.5 Å². The molecular formula is C24H20F3N3O4. The molecule has 10 heteroatoms. The van der Waals surface area contributed by atoms with Crippen molar-refractivity contribution in [1.29, 1.82) is 0 Å². The highest BCUT2D eigenvalue weighted by Crippen LogP contribution is 2.33. The van der Waals surface area contributed by atoms with E-state index in [0.29, 0.717) is 30.5 Å². The fourth-order valence-electron chi connectivity index (χ4n) is 3.89. The van der Waals surface area contributed by atoms with Crippen molar-refractivity contribution in [3.05, 3.63) is 92.9 Å². The van der Waals surface area contributed by atoms with Crippen LogP contribution < -0.4 is 21.3 Å². The maximum absolute atomic E-state index is 12.9. The molecule has 0 bridgehead atoms. The zero-order valence-electron chi connectivity index (χ0n) is 17.7. The first-order valence-electron chi connectivity index (χ1n) is 10.4. The highest BCUT2D eigenvalue weighted by Gasteiger charge is 2.30. The number of carbonyl (C=O) groups is 2. The average molecular weight is 471 g/mol. The highest BCUT2D eigenvalue weighted by atomic mass is 19.4. The molecule has 2 amide bonds. The molecule has 0 fully saturated rings. The van der Waals surface area contributed by atoms with Gasteiger partial charge in [-0.15, -0.1) is 0 Å². The lowest BCUT2D eigenvalue weighted by Gasteiger charge is -2.26. The molecule has 0 spiro atoms. The van der Waals surface area contributed by atoms with Crippen LogP contribution >= 0.6 is 0 Å². The number of hydrogen-bond donors (Lipinski definition) is 3. The van der Waals surface area contributed by atoms with Crippen molar-refractivity contribution in [2.24, 2.45) is 5.73 Å². The standard InChI is InChI=1S/C24H20F3N3O4/c25-24(26,27)14-5-2-7-16(11-14)34-15-6-1-4-13(10-15)22(32)29-19-8-3-9-20-17(19)12-18(21(28)31)23(33)30-20/h1-2,4-7,10-12,19H,3,8-9H2,(H2,28,31)(H,29,32)(H,30,33). The topological polar surface area (TPSA) is 114 Å². The van der Waals surface area contributed by atoms with Crippen LogP contribution in [0.5, 0.6) is 11.5 Å². The van der Waals surface area contributed by atoms with Gasteiger partial charge in [-0.2, -0.15) is 13.2 Å². The summed E-state index contributed by atoms with van der Waals surface area (Å²) in [6, 6.07) is 11.4. The minimum Gasteiger partial charge on any atom is -0.457 e. The number of aromatic amines is 1. The number of carbonyl (C=O) groups excluding carboxylic acids is 2. The van der Waals surface area contributed by atoms with Gasteiger partial charge in [-0.25, -0.2) is 0 Å². The predicted octanol–water partition coefficient (Wildman–Crippen LogP) is 4.09. The molecule has 3 aromatic rings. The number of amides is 2. The summed E-state index contributed by atoms with van der Waals surface area (Å²) < 4.78 is 44.4. The van der Waals surface area contributed by atoms with Crippen molar-refractivity contribution in [2.45, 2.75) is 31.5 Å². The van der Waals surface area contributed by atoms with Gasteiger partial charge < -0.3 is 20.8 Å². The lowest BCUT2D eigenvalue weighted by molar-refractivity contribution is -0.137. The third-order valence-corrected chi connectivity index (χ3v) is 5.52. The molecule has 1 aromatic heterocycles. The van der Waals surface area contributed by atoms with Crippen LogP contribution in [0.1, 0.15) is 56.4 Å². The second-order valence-electron chi connectivity index (χ2n) is 7.88. The molecule has 1 atom stereocenters. The number of alkyl halides is 3. The molecule has 0 aliphatic heterocycles. The molecule has 7 nitrogen and oxygen atoms in total. The summed E-state index contributed by atoms with van der Waals surface area (Å²) in [5.74, 6) is -1.13. The Hall–Kier alpha value is -4.08. The van der Waals surface area contributed by atoms with Crippen LogP contribution in [-0.2, 0) is 12.6 Å². The Kier molecular flexibility index (Phi) is 6.14. The van der Waals surface area contributed by atoms with E-state index in [4.69, 9.17) is 10.5 Å². The van der Waals surface area contributed by atoms with Gasteiger partial charge in [0.15, 0.2) is 0 Å². The van der Waals surface area contributed by atoms with E-state index in [9.17, 15) is 27.6 Å². The van der Waals surface area contributed by atoms with E-state index in [-0.39, 0.29) is 22.6 Å². The summed E-state index contributed by atoms with van der Waals surface area (Å²) >= 11 is 0. The second kappa shape index (κ2) is 9.05. The Morgan fingerprint density at radius 2 is 1.76 bits per heavy atom. The van der Waals surface area contributed by atoms with Gasteiger partial charge in [-0.05, 0) is 67.3 Å². The Bertz CT molecular complexity index is 1320. The van der Waals surface area contributed by atoms with Gasteiger partial charge in [-0.3, -0.25) is 14.4 Å². The monoisotopic (exact) mass is 471 g/mol. The van der Waals surface area contributed by atoms with Gasteiger partial charge in [0.1, 0.15) is 17.1 Å². The number of hydrogen-bond acceptors (Lipinski definition) is 4. The van der Waals surface area contributed by atoms with E-state index in [1.165, 1.54) is 30.3 Å². The van der Waals surface area contributed by atoms with Gasteiger partial charge >= 0.3 is 6.18 Å². The molecule has 2 aromatic carbocycles. The summed E-state index contributed by atoms with van der Waals surface area (Å²) in [7, 11) is 0. The number of fused-ring (bicyclic) bond motifs is 1. The number of rotatable bonds is 5. The average Bonchev–Trinajstić information content (AvgIpc) is 2.78. The summed E-state index contributed by atoms with van der Waals surface area (Å²) in [6.45, 7) is 0. The molecule has 176 valence electrons. The molecule has 34 heavy (non-hydrogen) atoms. The van der Waals surface area contributed by atoms with E-state index in [1.807, 2.05) is 0 Å². The van der Waals surface area contributed by atoms with Crippen molar-refractivity contribution in [3.8, 4) is 11.5 Å². The molecule has 0 saturated heterocycles. The van der Waals surface area contributed by atoms with Crippen LogP contribution in [0.25, 0.3) is 0 Å². The molecule has 0 radical (unpaired) electrons. The van der Waals surface area contributed by atoms with E-state index >= 15 is 0 Å². The minimum atomic E-state index is -4.50. The first-order valence-corrected chi connectivity index (χ1v) is 10.4. The minimum absolute atomic E-state index is 0.0171. The van der Waals surface area contributed by atoms with Crippen LogP contribution in [0.4, 0.5) is 13.2 Å². The number of pyridine rings is 1. The zero-order valence-corrected chi connectivity index (χ0v) is 17.7. The van der Waals surface area contributed by atoms with Gasteiger partial charge in [0.25, 0.3) is 17.4 Å². The normalized spacial score (nSPS) is 15.3. The maximum atomic E-state index is 12.9. The molecule has 1 aliphatic rings. The molecule has 4 rings (SSSR count). The smallest absolute Gasteiger partial charge is 0.416 e. The highest BCUT2D eigenvalue weighted by molar-refractivity contribution is 5.95. The van der Waals surface area contributed by atoms with Crippen LogP contribution in [0.2, 0.25) is 0 Å². The Balaban J connectivity index is 1.54. The van der Waals surface area contributed by atoms with E-state index in [0.717, 1.165) is 12.1 Å². The largest absolute Gasteiger partial charge is 0.457 e. The number of aryl methyl sites for hydroxylation is 1. The van der Waals surface area contributed by atoms with Gasteiger partial charge in [0.2, 0.25) is 0 Å². The van der Waals surface area contributed by atoms with Crippen LogP contribution in [0.15, 0.2) is 59.4 Å². The number of aromatic nitrogens is 1. The van der Waals surface area contributed by atoms with Crippen molar-refractivity contribution in [1.82, 2.24) is 10.3 Å². The molecule has 1 unspecified atom stereocenters. The van der Waals surface area contributed by atoms with Crippen LogP contribution in [-0.4, -0.2) is 16.8 Å². The SMILES string of the molecule is NC(=O)c1cc2c([nH]c1=O)CCCC2NC(=O)c1cccc(Oc2cccc(C(F)(F)F)c2)c1. The van der Waals surface area contributed by atoms with Crippen molar-refractivity contribution >= 4 is 11.8 Å². The summed E-state index contributed by atoms with van der Waals surface area (Å²) in [4.78, 5) is 39.2. The number of H-pyrrole nitrogens is 1.